The third-order valence-corrected chi connectivity index (χ3v) is 6.02. The molecule has 0 heterocycles. The lowest BCUT2D eigenvalue weighted by molar-refractivity contribution is -0.130. The third-order valence-electron chi connectivity index (χ3n) is 6.02. The minimum absolute atomic E-state index is 0.0243. The molecule has 6 atom stereocenters. The van der Waals surface area contributed by atoms with E-state index in [0.717, 1.165) is 0 Å². The Kier molecular flexibility index (Phi) is 2.36. The van der Waals surface area contributed by atoms with Crippen LogP contribution in [0.15, 0.2) is 25.3 Å². The molecule has 0 aromatic rings. The zero-order valence-corrected chi connectivity index (χ0v) is 11.8. The summed E-state index contributed by atoms with van der Waals surface area (Å²) >= 11 is 0. The molecule has 0 bridgehead atoms. The fourth-order valence-electron chi connectivity index (χ4n) is 4.01. The van der Waals surface area contributed by atoms with Gasteiger partial charge in [-0.05, 0) is 13.8 Å². The Morgan fingerprint density at radius 2 is 1.22 bits per heavy atom. The average molecular weight is 248 g/mol. The first kappa shape index (κ1) is 13.5. The van der Waals surface area contributed by atoms with Crippen LogP contribution < -0.4 is 11.5 Å². The van der Waals surface area contributed by atoms with E-state index in [2.05, 4.69) is 13.2 Å². The lowest BCUT2D eigenvalue weighted by Gasteiger charge is -2.21. The Morgan fingerprint density at radius 3 is 1.39 bits per heavy atom. The minimum Gasteiger partial charge on any atom is -0.324 e. The van der Waals surface area contributed by atoms with Crippen molar-refractivity contribution in [3.05, 3.63) is 25.3 Å². The smallest absolute Gasteiger partial charge is 0.149 e. The van der Waals surface area contributed by atoms with Crippen LogP contribution in [0.3, 0.4) is 0 Å². The first-order chi connectivity index (χ1) is 8.04. The Morgan fingerprint density at radius 1 is 0.944 bits per heavy atom. The molecule has 3 heteroatoms. The van der Waals surface area contributed by atoms with Crippen molar-refractivity contribution in [2.75, 3.05) is 0 Å². The van der Waals surface area contributed by atoms with Crippen molar-refractivity contribution in [2.24, 2.45) is 34.1 Å². The number of carbonyl (C=O) groups excluding carboxylic acids is 1. The molecule has 18 heavy (non-hydrogen) atoms. The van der Waals surface area contributed by atoms with E-state index in [1.807, 2.05) is 27.7 Å². The fraction of sp³-hybridized carbons (Fsp3) is 0.667. The highest BCUT2D eigenvalue weighted by molar-refractivity contribution is 6.00. The second kappa shape index (κ2) is 3.14. The number of hydrogen-bond acceptors (Lipinski definition) is 3. The highest BCUT2D eigenvalue weighted by atomic mass is 16.1. The molecule has 2 fully saturated rings. The van der Waals surface area contributed by atoms with Crippen molar-refractivity contribution in [3.8, 4) is 0 Å². The summed E-state index contributed by atoms with van der Waals surface area (Å²) < 4.78 is 0. The van der Waals surface area contributed by atoms with E-state index < -0.39 is 21.9 Å². The largest absolute Gasteiger partial charge is 0.324 e. The molecule has 0 aliphatic heterocycles. The van der Waals surface area contributed by atoms with Gasteiger partial charge in [0.1, 0.15) is 5.78 Å². The summed E-state index contributed by atoms with van der Waals surface area (Å²) in [6.07, 6.45) is 3.58. The highest BCUT2D eigenvalue weighted by Crippen LogP contribution is 2.71. The van der Waals surface area contributed by atoms with Gasteiger partial charge in [-0.1, -0.05) is 26.0 Å². The summed E-state index contributed by atoms with van der Waals surface area (Å²) in [6, 6.07) is 0. The van der Waals surface area contributed by atoms with E-state index in [9.17, 15) is 4.79 Å². The van der Waals surface area contributed by atoms with Crippen molar-refractivity contribution >= 4 is 5.78 Å². The van der Waals surface area contributed by atoms with E-state index in [-0.39, 0.29) is 17.6 Å². The summed E-state index contributed by atoms with van der Waals surface area (Å²) in [5.74, 6) is 0.201. The molecular weight excluding hydrogens is 224 g/mol. The van der Waals surface area contributed by atoms with E-state index >= 15 is 0 Å². The van der Waals surface area contributed by atoms with Crippen LogP contribution in [0.1, 0.15) is 27.7 Å². The third kappa shape index (κ3) is 1.06. The number of Topliss-reactive ketones (excluding diaryl/α,β-unsaturated/α-hetero) is 1. The van der Waals surface area contributed by atoms with Crippen LogP contribution in [0, 0.1) is 22.7 Å². The molecule has 2 rings (SSSR count). The standard InChI is InChI=1S/C15H24N2O/c1-7-9-12(3,14(9,5)16)11(18)13(4)10(8-2)15(13,6)17/h7-10H,1-2,16-17H2,3-6H3. The average Bonchev–Trinajstić information content (AvgIpc) is 2.91. The summed E-state index contributed by atoms with van der Waals surface area (Å²) in [4.78, 5) is 12.9. The molecule has 2 aliphatic carbocycles. The molecule has 0 aromatic heterocycles. The molecule has 0 amide bonds. The zero-order valence-electron chi connectivity index (χ0n) is 11.8. The Labute approximate surface area is 109 Å². The maximum atomic E-state index is 12.9. The molecule has 4 N–H and O–H groups in total. The second-order valence-corrected chi connectivity index (χ2v) is 6.73. The molecule has 0 radical (unpaired) electrons. The van der Waals surface area contributed by atoms with Crippen LogP contribution in [-0.4, -0.2) is 16.9 Å². The van der Waals surface area contributed by atoms with Crippen molar-refractivity contribution in [2.45, 2.75) is 38.8 Å². The van der Waals surface area contributed by atoms with Gasteiger partial charge in [0.25, 0.3) is 0 Å². The lowest BCUT2D eigenvalue weighted by atomic mass is 9.83. The molecule has 6 unspecified atom stereocenters. The van der Waals surface area contributed by atoms with Gasteiger partial charge in [0.15, 0.2) is 0 Å². The Balaban J connectivity index is 2.37. The molecule has 2 aliphatic rings. The van der Waals surface area contributed by atoms with Crippen LogP contribution in [0.25, 0.3) is 0 Å². The fourth-order valence-corrected chi connectivity index (χ4v) is 4.01. The van der Waals surface area contributed by atoms with Gasteiger partial charge in [-0.2, -0.15) is 0 Å². The Hall–Kier alpha value is -0.930. The number of hydrogen-bond donors (Lipinski definition) is 2. The van der Waals surface area contributed by atoms with Crippen molar-refractivity contribution < 1.29 is 4.79 Å². The molecule has 2 saturated carbocycles. The molecule has 3 nitrogen and oxygen atoms in total. The molecular formula is C15H24N2O. The van der Waals surface area contributed by atoms with Gasteiger partial charge in [0, 0.05) is 22.9 Å². The predicted octanol–water partition coefficient (Wildman–Crippen LogP) is 1.63. The summed E-state index contributed by atoms with van der Waals surface area (Å²) in [6.45, 7) is 15.3. The first-order valence-electron chi connectivity index (χ1n) is 6.42. The summed E-state index contributed by atoms with van der Waals surface area (Å²) in [5.41, 5.74) is 10.3. The number of rotatable bonds is 4. The van der Waals surface area contributed by atoms with Gasteiger partial charge in [-0.25, -0.2) is 0 Å². The van der Waals surface area contributed by atoms with Crippen molar-refractivity contribution in [3.63, 3.8) is 0 Å². The lowest BCUT2D eigenvalue weighted by Crippen LogP contribution is -2.39. The summed E-state index contributed by atoms with van der Waals surface area (Å²) in [7, 11) is 0. The van der Waals surface area contributed by atoms with E-state index in [1.165, 1.54) is 0 Å². The first-order valence-corrected chi connectivity index (χ1v) is 6.42. The normalized spacial score (nSPS) is 57.9. The van der Waals surface area contributed by atoms with Crippen LogP contribution in [0.4, 0.5) is 0 Å². The number of ketones is 1. The van der Waals surface area contributed by atoms with E-state index in [1.54, 1.807) is 12.2 Å². The van der Waals surface area contributed by atoms with E-state index in [0.29, 0.717) is 0 Å². The second-order valence-electron chi connectivity index (χ2n) is 6.73. The van der Waals surface area contributed by atoms with Gasteiger partial charge < -0.3 is 11.5 Å². The van der Waals surface area contributed by atoms with Crippen LogP contribution in [0.2, 0.25) is 0 Å². The Bertz CT molecular complexity index is 411. The van der Waals surface area contributed by atoms with Crippen LogP contribution in [0.5, 0.6) is 0 Å². The van der Waals surface area contributed by atoms with Crippen LogP contribution in [-0.2, 0) is 4.79 Å². The predicted molar refractivity (Wildman–Crippen MR) is 73.8 cm³/mol. The SMILES string of the molecule is C=CC1C(C)(N)C1(C)C(=O)C1(C)C(C=C)C1(C)N. The maximum Gasteiger partial charge on any atom is 0.149 e. The zero-order chi connectivity index (χ0) is 14.1. The number of carbonyl (C=O) groups is 1. The summed E-state index contributed by atoms with van der Waals surface area (Å²) in [5, 5.41) is 0. The molecule has 0 aromatic carbocycles. The quantitative estimate of drug-likeness (QED) is 0.743. The van der Waals surface area contributed by atoms with Crippen molar-refractivity contribution in [1.29, 1.82) is 0 Å². The van der Waals surface area contributed by atoms with Gasteiger partial charge in [-0.3, -0.25) is 4.79 Å². The van der Waals surface area contributed by atoms with Gasteiger partial charge in [0.2, 0.25) is 0 Å². The molecule has 0 saturated heterocycles. The minimum atomic E-state index is -0.554. The molecule has 100 valence electrons. The van der Waals surface area contributed by atoms with Gasteiger partial charge >= 0.3 is 0 Å². The topological polar surface area (TPSA) is 69.1 Å². The maximum absolute atomic E-state index is 12.9. The number of nitrogens with two attached hydrogens (primary N) is 2. The van der Waals surface area contributed by atoms with Gasteiger partial charge in [0.05, 0.1) is 10.8 Å². The monoisotopic (exact) mass is 248 g/mol. The van der Waals surface area contributed by atoms with E-state index in [4.69, 9.17) is 11.5 Å². The van der Waals surface area contributed by atoms with Crippen LogP contribution >= 0.6 is 0 Å². The van der Waals surface area contributed by atoms with Gasteiger partial charge in [-0.15, -0.1) is 13.2 Å². The van der Waals surface area contributed by atoms with Crippen molar-refractivity contribution in [1.82, 2.24) is 0 Å². The highest BCUT2D eigenvalue weighted by Gasteiger charge is 2.81. The molecule has 0 spiro atoms.